The van der Waals surface area contributed by atoms with Crippen molar-refractivity contribution in [3.63, 3.8) is 0 Å². The van der Waals surface area contributed by atoms with Crippen LogP contribution in [-0.4, -0.2) is 11.6 Å². The second-order valence-electron chi connectivity index (χ2n) is 2.56. The van der Waals surface area contributed by atoms with Crippen molar-refractivity contribution in [2.75, 3.05) is 5.75 Å². The van der Waals surface area contributed by atoms with E-state index in [9.17, 15) is 0 Å². The zero-order valence-corrected chi connectivity index (χ0v) is 10.7. The highest BCUT2D eigenvalue weighted by molar-refractivity contribution is 8.15. The lowest BCUT2D eigenvalue weighted by Crippen LogP contribution is -1.65. The molecule has 15 heavy (non-hydrogen) atoms. The predicted octanol–water partition coefficient (Wildman–Crippen LogP) is 4.32. The summed E-state index contributed by atoms with van der Waals surface area (Å²) in [6.45, 7) is 2.05. The molecule has 0 saturated heterocycles. The van der Waals surface area contributed by atoms with Crippen LogP contribution in [0.25, 0.3) is 0 Å². The van der Waals surface area contributed by atoms with E-state index in [0.717, 1.165) is 15.7 Å². The Morgan fingerprint density at radius 1 is 1.47 bits per heavy atom. The molecule has 0 aliphatic carbocycles. The van der Waals surface area contributed by atoms with Crippen molar-refractivity contribution in [1.29, 1.82) is 0 Å². The highest BCUT2D eigenvalue weighted by Crippen LogP contribution is 2.17. The number of nitrogens with zero attached hydrogens (tertiary/aromatic N) is 1. The molecular weight excluding hydrogens is 246 g/mol. The van der Waals surface area contributed by atoms with Gasteiger partial charge in [-0.05, 0) is 35.7 Å². The van der Waals surface area contributed by atoms with Crippen LogP contribution in [-0.2, 0) is 0 Å². The Hall–Kier alpha value is -0.560. The lowest BCUT2D eigenvalue weighted by Gasteiger charge is -1.89. The second-order valence-corrected chi connectivity index (χ2v) is 5.02. The first kappa shape index (κ1) is 12.5. The van der Waals surface area contributed by atoms with Gasteiger partial charge in [0.15, 0.2) is 0 Å². The topological polar surface area (TPSA) is 12.4 Å². The molecule has 0 aliphatic rings. The van der Waals surface area contributed by atoms with E-state index < -0.39 is 0 Å². The van der Waals surface area contributed by atoms with Crippen molar-refractivity contribution < 1.29 is 0 Å². The fourth-order valence-corrected chi connectivity index (χ4v) is 1.78. The van der Waals surface area contributed by atoms with Crippen LogP contribution in [0.1, 0.15) is 6.92 Å². The maximum Gasteiger partial charge on any atom is 0.0893 e. The molecule has 0 N–H and O–H groups in total. The minimum absolute atomic E-state index is 0.699. The fraction of sp³-hybridized carbons (Fsp3) is 0.182. The van der Waals surface area contributed by atoms with Gasteiger partial charge in [-0.3, -0.25) is 0 Å². The Morgan fingerprint density at radius 2 is 2.13 bits per heavy atom. The third-order valence-electron chi connectivity index (χ3n) is 1.46. The van der Waals surface area contributed by atoms with Gasteiger partial charge < -0.3 is 0 Å². The minimum Gasteiger partial charge on any atom is -0.198 e. The predicted molar refractivity (Wildman–Crippen MR) is 72.7 cm³/mol. The van der Waals surface area contributed by atoms with Crippen LogP contribution in [0.5, 0.6) is 0 Å². The van der Waals surface area contributed by atoms with Gasteiger partial charge in [0.2, 0.25) is 0 Å². The van der Waals surface area contributed by atoms with E-state index in [1.165, 1.54) is 0 Å². The van der Waals surface area contributed by atoms with Crippen LogP contribution in [0, 0.1) is 0 Å². The summed E-state index contributed by atoms with van der Waals surface area (Å²) in [5.74, 6) is 3.67. The third kappa shape index (κ3) is 5.17. The highest BCUT2D eigenvalue weighted by Gasteiger charge is 1.87. The molecule has 0 amide bonds. The Labute approximate surface area is 104 Å². The molecule has 0 fully saturated rings. The zero-order chi connectivity index (χ0) is 11.1. The van der Waals surface area contributed by atoms with Gasteiger partial charge in [0.05, 0.1) is 9.92 Å². The van der Waals surface area contributed by atoms with Crippen LogP contribution in [0.15, 0.2) is 39.2 Å². The number of benzene rings is 1. The Morgan fingerprint density at radius 3 is 2.73 bits per heavy atom. The van der Waals surface area contributed by atoms with Crippen molar-refractivity contribution >= 4 is 47.5 Å². The number of thiol groups is 1. The van der Waals surface area contributed by atoms with Crippen molar-refractivity contribution in [2.45, 2.75) is 6.92 Å². The molecule has 78 valence electrons. The van der Waals surface area contributed by atoms with Gasteiger partial charge >= 0.3 is 0 Å². The molecule has 0 aliphatic heterocycles. The zero-order valence-electron chi connectivity index (χ0n) is 8.20. The molecule has 0 radical (unpaired) electrons. The van der Waals surface area contributed by atoms with Crippen LogP contribution in [0.2, 0.25) is 5.02 Å². The summed E-state index contributed by atoms with van der Waals surface area (Å²) in [6, 6.07) is 7.21. The third-order valence-corrected chi connectivity index (χ3v) is 2.87. The van der Waals surface area contributed by atoms with Crippen molar-refractivity contribution in [2.24, 2.45) is 4.99 Å². The van der Waals surface area contributed by atoms with E-state index in [-0.39, 0.29) is 0 Å². The highest BCUT2D eigenvalue weighted by atomic mass is 35.5. The van der Waals surface area contributed by atoms with E-state index in [4.69, 9.17) is 11.6 Å². The molecule has 0 bridgehead atoms. The lowest BCUT2D eigenvalue weighted by molar-refractivity contribution is 1.53. The maximum atomic E-state index is 5.74. The summed E-state index contributed by atoms with van der Waals surface area (Å²) < 4.78 is 0.787. The van der Waals surface area contributed by atoms with E-state index >= 15 is 0 Å². The normalized spacial score (nSPS) is 9.00. The molecule has 1 aromatic rings. The van der Waals surface area contributed by atoms with Gasteiger partial charge in [-0.15, -0.1) is 24.4 Å². The number of hydrogen-bond acceptors (Lipinski definition) is 3. The molecule has 0 heterocycles. The summed E-state index contributed by atoms with van der Waals surface area (Å²) in [7, 11) is 0. The summed E-state index contributed by atoms with van der Waals surface area (Å²) >= 11 is 11.5. The molecule has 1 aromatic carbocycles. The first-order valence-corrected chi connectivity index (χ1v) is 6.19. The van der Waals surface area contributed by atoms with Gasteiger partial charge in [-0.2, -0.15) is 4.99 Å². The summed E-state index contributed by atoms with van der Waals surface area (Å²) in [5.41, 5.74) is 3.64. The number of hydrogen-bond donors (Lipinski definition) is 1. The molecule has 0 aromatic heterocycles. The summed E-state index contributed by atoms with van der Waals surface area (Å²) in [6.07, 6.45) is 0. The van der Waals surface area contributed by atoms with Crippen molar-refractivity contribution in [3.05, 3.63) is 39.3 Å². The first-order chi connectivity index (χ1) is 7.22. The van der Waals surface area contributed by atoms with Gasteiger partial charge in [0.25, 0.3) is 0 Å². The van der Waals surface area contributed by atoms with E-state index in [0.29, 0.717) is 5.02 Å². The standard InChI is InChI=1S/C11H10ClNS2/c1-2-15-11(14)7-8-13-10-5-3-9(12)4-6-10/h3-6,14H,2H2,1H3. The van der Waals surface area contributed by atoms with Crippen molar-refractivity contribution in [1.82, 2.24) is 0 Å². The summed E-state index contributed by atoms with van der Waals surface area (Å²) in [5, 5.41) is 0.699. The number of rotatable bonds is 3. The molecule has 1 rings (SSSR count). The smallest absolute Gasteiger partial charge is 0.0893 e. The Kier molecular flexibility index (Phi) is 5.70. The molecule has 4 heteroatoms. The second kappa shape index (κ2) is 6.84. The average Bonchev–Trinajstić information content (AvgIpc) is 2.21. The quantitative estimate of drug-likeness (QED) is 0.482. The van der Waals surface area contributed by atoms with Crippen molar-refractivity contribution in [3.8, 4) is 0 Å². The molecule has 0 unspecified atom stereocenters. The van der Waals surface area contributed by atoms with Crippen LogP contribution < -0.4 is 0 Å². The molecular formula is C11H10ClNS2. The Balaban J connectivity index is 2.81. The summed E-state index contributed by atoms with van der Waals surface area (Å²) in [4.78, 5) is 4.07. The minimum atomic E-state index is 0.699. The van der Waals surface area contributed by atoms with Gasteiger partial charge in [-0.1, -0.05) is 18.5 Å². The van der Waals surface area contributed by atoms with Crippen LogP contribution >= 0.6 is 36.0 Å². The molecule has 0 saturated carbocycles. The number of thioether (sulfide) groups is 1. The van der Waals surface area contributed by atoms with Gasteiger partial charge in [0, 0.05) is 10.9 Å². The Bertz CT molecular complexity index is 413. The SMILES string of the molecule is CCSC(S)=C=C=Nc1ccc(Cl)cc1. The van der Waals surface area contributed by atoms with Crippen LogP contribution in [0.4, 0.5) is 5.69 Å². The van der Waals surface area contributed by atoms with Gasteiger partial charge in [0.1, 0.15) is 0 Å². The first-order valence-electron chi connectivity index (χ1n) is 4.38. The number of aliphatic imine (C=N–C) groups is 1. The molecule has 0 atom stereocenters. The molecule has 0 spiro atoms. The monoisotopic (exact) mass is 255 g/mol. The average molecular weight is 256 g/mol. The lowest BCUT2D eigenvalue weighted by atomic mass is 10.3. The maximum absolute atomic E-state index is 5.74. The fourth-order valence-electron chi connectivity index (χ4n) is 0.829. The largest absolute Gasteiger partial charge is 0.198 e. The van der Waals surface area contributed by atoms with E-state index in [2.05, 4.69) is 36.1 Å². The molecule has 1 nitrogen and oxygen atoms in total. The van der Waals surface area contributed by atoms with Gasteiger partial charge in [-0.25, -0.2) is 0 Å². The van der Waals surface area contributed by atoms with E-state index in [1.807, 2.05) is 12.1 Å². The van der Waals surface area contributed by atoms with Crippen LogP contribution in [0.3, 0.4) is 0 Å². The number of halogens is 1. The van der Waals surface area contributed by atoms with E-state index in [1.54, 1.807) is 23.9 Å².